The summed E-state index contributed by atoms with van der Waals surface area (Å²) in [5.74, 6) is 0.173. The van der Waals surface area contributed by atoms with E-state index in [4.69, 9.17) is 44.3 Å². The normalized spacial score (nSPS) is 24.8. The number of carbonyl (C=O) groups is 1. The van der Waals surface area contributed by atoms with Crippen molar-refractivity contribution in [1.82, 2.24) is 4.90 Å². The number of aliphatic hydroxyl groups is 1. The summed E-state index contributed by atoms with van der Waals surface area (Å²) in [5.41, 5.74) is 1.08. The van der Waals surface area contributed by atoms with Crippen LogP contribution >= 0.6 is 46.1 Å². The summed E-state index contributed by atoms with van der Waals surface area (Å²) in [6, 6.07) is 9.48. The molecule has 1 saturated heterocycles. The first-order valence-corrected chi connectivity index (χ1v) is 14.7. The van der Waals surface area contributed by atoms with Gasteiger partial charge in [-0.3, -0.25) is 4.90 Å². The Morgan fingerprint density at radius 1 is 1.08 bits per heavy atom. The standard InChI is InChI=1S/C27H34Cl3NO4S/c28-19-14-18(15-20(29)16-19)4-6-23-22(24(30)17-25(23)32)3-1-2-21-5-7-26(36-21)27(33)35-13-10-31-8-11-34-12-9-31/h5,7,14-16,22-25,32H,1-4,6,8-13,17H2/t22-,23-,24-,25-/m1/s1. The van der Waals surface area contributed by atoms with Crippen molar-refractivity contribution in [2.75, 3.05) is 39.5 Å². The number of thiophene rings is 1. The molecule has 0 spiro atoms. The van der Waals surface area contributed by atoms with Crippen LogP contribution in [0.2, 0.25) is 10.0 Å². The van der Waals surface area contributed by atoms with Gasteiger partial charge in [0.1, 0.15) is 11.5 Å². The predicted octanol–water partition coefficient (Wildman–Crippen LogP) is 6.10. The van der Waals surface area contributed by atoms with Crippen LogP contribution in [0.1, 0.15) is 45.8 Å². The Morgan fingerprint density at radius 3 is 2.58 bits per heavy atom. The predicted molar refractivity (Wildman–Crippen MR) is 147 cm³/mol. The molecule has 4 atom stereocenters. The Balaban J connectivity index is 1.21. The quantitative estimate of drug-likeness (QED) is 0.259. The summed E-state index contributed by atoms with van der Waals surface area (Å²) in [7, 11) is 0. The summed E-state index contributed by atoms with van der Waals surface area (Å²) in [6.45, 7) is 4.39. The third-order valence-electron chi connectivity index (χ3n) is 7.23. The smallest absolute Gasteiger partial charge is 0.348 e. The van der Waals surface area contributed by atoms with Gasteiger partial charge in [-0.2, -0.15) is 0 Å². The Hall–Kier alpha value is -0.860. The molecular formula is C27H34Cl3NO4S. The van der Waals surface area contributed by atoms with Crippen LogP contribution in [0.15, 0.2) is 30.3 Å². The molecule has 198 valence electrons. The SMILES string of the molecule is O=C(OCCN1CCOCC1)c1ccc(CCC[C@@H]2[C@@H](CCc3cc(Cl)cc(Cl)c3)[C@H](O)C[C@H]2Cl)s1. The first-order valence-electron chi connectivity index (χ1n) is 12.7. The first kappa shape index (κ1) is 28.2. The second-order valence-corrected chi connectivity index (χ2v) is 12.3. The number of aliphatic hydroxyl groups excluding tert-OH is 1. The van der Waals surface area contributed by atoms with Crippen LogP contribution in [-0.4, -0.2) is 66.9 Å². The van der Waals surface area contributed by atoms with Crippen LogP contribution in [0, 0.1) is 11.8 Å². The van der Waals surface area contributed by atoms with E-state index >= 15 is 0 Å². The van der Waals surface area contributed by atoms with Gasteiger partial charge in [0.2, 0.25) is 0 Å². The second kappa shape index (κ2) is 13.8. The molecule has 4 rings (SSSR count). The highest BCUT2D eigenvalue weighted by Crippen LogP contribution is 2.42. The molecule has 1 aliphatic carbocycles. The van der Waals surface area contributed by atoms with Crippen molar-refractivity contribution in [2.45, 2.75) is 50.0 Å². The average molecular weight is 575 g/mol. The van der Waals surface area contributed by atoms with Crippen LogP contribution in [0.4, 0.5) is 0 Å². The van der Waals surface area contributed by atoms with Gasteiger partial charge in [-0.25, -0.2) is 4.79 Å². The van der Waals surface area contributed by atoms with Gasteiger partial charge < -0.3 is 14.6 Å². The highest BCUT2D eigenvalue weighted by atomic mass is 35.5. The van der Waals surface area contributed by atoms with Crippen LogP contribution in [0.3, 0.4) is 0 Å². The van der Waals surface area contributed by atoms with Crippen molar-refractivity contribution < 1.29 is 19.4 Å². The Morgan fingerprint density at radius 2 is 1.83 bits per heavy atom. The van der Waals surface area contributed by atoms with Gasteiger partial charge in [-0.1, -0.05) is 23.2 Å². The highest BCUT2D eigenvalue weighted by Gasteiger charge is 2.40. The molecule has 0 radical (unpaired) electrons. The largest absolute Gasteiger partial charge is 0.460 e. The summed E-state index contributed by atoms with van der Waals surface area (Å²) in [4.78, 5) is 16.5. The van der Waals surface area contributed by atoms with Crippen LogP contribution in [0.25, 0.3) is 0 Å². The number of morpholine rings is 1. The minimum atomic E-state index is -0.382. The maximum atomic E-state index is 12.4. The number of hydrogen-bond donors (Lipinski definition) is 1. The minimum absolute atomic E-state index is 0.0201. The molecule has 1 aromatic heterocycles. The van der Waals surface area contributed by atoms with Crippen molar-refractivity contribution >= 4 is 52.1 Å². The molecule has 2 aliphatic rings. The number of hydrogen-bond acceptors (Lipinski definition) is 6. The minimum Gasteiger partial charge on any atom is -0.460 e. The maximum absolute atomic E-state index is 12.4. The lowest BCUT2D eigenvalue weighted by atomic mass is 9.85. The monoisotopic (exact) mass is 573 g/mol. The van der Waals surface area contributed by atoms with E-state index in [2.05, 4.69) is 4.90 Å². The summed E-state index contributed by atoms with van der Waals surface area (Å²) >= 11 is 20.5. The van der Waals surface area contributed by atoms with E-state index in [1.165, 1.54) is 16.2 Å². The van der Waals surface area contributed by atoms with Gasteiger partial charge in [0.25, 0.3) is 0 Å². The van der Waals surface area contributed by atoms with Crippen LogP contribution in [0.5, 0.6) is 0 Å². The lowest BCUT2D eigenvalue weighted by Gasteiger charge is -2.26. The van der Waals surface area contributed by atoms with Gasteiger partial charge in [0, 0.05) is 39.9 Å². The number of carbonyl (C=O) groups excluding carboxylic acids is 1. The number of rotatable bonds is 11. The summed E-state index contributed by atoms with van der Waals surface area (Å²) in [6.07, 6.45) is 4.71. The van der Waals surface area contributed by atoms with Crippen molar-refractivity contribution in [1.29, 1.82) is 0 Å². The molecule has 5 nitrogen and oxygen atoms in total. The molecule has 0 bridgehead atoms. The maximum Gasteiger partial charge on any atom is 0.348 e. The van der Waals surface area contributed by atoms with E-state index in [-0.39, 0.29) is 29.3 Å². The molecular weight excluding hydrogens is 541 g/mol. The number of nitrogens with zero attached hydrogens (tertiary/aromatic N) is 1. The van der Waals surface area contributed by atoms with E-state index in [0.717, 1.165) is 70.5 Å². The number of alkyl halides is 1. The molecule has 2 aromatic rings. The highest BCUT2D eigenvalue weighted by molar-refractivity contribution is 7.13. The number of halogens is 3. The van der Waals surface area contributed by atoms with Crippen LogP contribution < -0.4 is 0 Å². The van der Waals surface area contributed by atoms with Gasteiger partial charge in [0.05, 0.1) is 19.3 Å². The lowest BCUT2D eigenvalue weighted by molar-refractivity contribution is 0.0197. The third-order valence-corrected chi connectivity index (χ3v) is 9.30. The number of esters is 1. The van der Waals surface area contributed by atoms with Gasteiger partial charge in [-0.05, 0) is 86.3 Å². The third kappa shape index (κ3) is 8.07. The summed E-state index contributed by atoms with van der Waals surface area (Å²) in [5, 5.41) is 11.9. The van der Waals surface area contributed by atoms with E-state index in [9.17, 15) is 9.90 Å². The van der Waals surface area contributed by atoms with Crippen LogP contribution in [-0.2, 0) is 22.3 Å². The van der Waals surface area contributed by atoms with E-state index in [0.29, 0.717) is 28.0 Å². The molecule has 9 heteroatoms. The molecule has 2 heterocycles. The Kier molecular flexibility index (Phi) is 10.8. The van der Waals surface area contributed by atoms with Gasteiger partial charge >= 0.3 is 5.97 Å². The zero-order valence-electron chi connectivity index (χ0n) is 20.3. The first-order chi connectivity index (χ1) is 17.4. The second-order valence-electron chi connectivity index (χ2n) is 9.71. The zero-order valence-corrected chi connectivity index (χ0v) is 23.4. The lowest BCUT2D eigenvalue weighted by Crippen LogP contribution is -2.38. The van der Waals surface area contributed by atoms with Gasteiger partial charge in [-0.15, -0.1) is 22.9 Å². The molecule has 1 aliphatic heterocycles. The molecule has 0 unspecified atom stereocenters. The van der Waals surface area contributed by atoms with Crippen molar-refractivity contribution in [2.24, 2.45) is 11.8 Å². The topological polar surface area (TPSA) is 59.0 Å². The van der Waals surface area contributed by atoms with Gasteiger partial charge in [0.15, 0.2) is 0 Å². The Bertz CT molecular complexity index is 977. The van der Waals surface area contributed by atoms with E-state index < -0.39 is 0 Å². The zero-order chi connectivity index (χ0) is 25.5. The molecule has 36 heavy (non-hydrogen) atoms. The number of benzene rings is 1. The van der Waals surface area contributed by atoms with E-state index in [1.54, 1.807) is 6.07 Å². The molecule has 1 saturated carbocycles. The summed E-state index contributed by atoms with van der Waals surface area (Å²) < 4.78 is 10.8. The molecule has 0 amide bonds. The number of aryl methyl sites for hydroxylation is 2. The van der Waals surface area contributed by atoms with Crippen molar-refractivity contribution in [3.05, 3.63) is 55.7 Å². The average Bonchev–Trinajstić information content (AvgIpc) is 3.42. The fourth-order valence-corrected chi connectivity index (χ4v) is 7.33. The van der Waals surface area contributed by atoms with Crippen molar-refractivity contribution in [3.63, 3.8) is 0 Å². The number of ether oxygens (including phenoxy) is 2. The molecule has 1 N–H and O–H groups in total. The molecule has 1 aromatic carbocycles. The fourth-order valence-electron chi connectivity index (χ4n) is 5.32. The fraction of sp³-hybridized carbons (Fsp3) is 0.593. The Labute approximate surface area is 232 Å². The van der Waals surface area contributed by atoms with E-state index in [1.807, 2.05) is 24.3 Å². The molecule has 2 fully saturated rings. The van der Waals surface area contributed by atoms with Crippen molar-refractivity contribution in [3.8, 4) is 0 Å².